The van der Waals surface area contributed by atoms with Gasteiger partial charge in [0.25, 0.3) is 0 Å². The molecule has 0 saturated carbocycles. The van der Waals surface area contributed by atoms with Crippen LogP contribution in [0.15, 0.2) is 37.7 Å². The van der Waals surface area contributed by atoms with Gasteiger partial charge in [0.15, 0.2) is 0 Å². The SMILES string of the molecule is C=CCC(S)(C=C)c1ncc[nH]1. The summed E-state index contributed by atoms with van der Waals surface area (Å²) in [5, 5.41) is 0. The monoisotopic (exact) mass is 180 g/mol. The zero-order chi connectivity index (χ0) is 9.03. The molecule has 2 nitrogen and oxygen atoms in total. The minimum Gasteiger partial charge on any atom is -0.347 e. The van der Waals surface area contributed by atoms with Gasteiger partial charge in [-0.3, -0.25) is 0 Å². The summed E-state index contributed by atoms with van der Waals surface area (Å²) in [6.07, 6.45) is 7.75. The number of imidazole rings is 1. The Hall–Kier alpha value is -0.960. The molecule has 0 aliphatic carbocycles. The fourth-order valence-electron chi connectivity index (χ4n) is 0.999. The number of allylic oxidation sites excluding steroid dienone is 1. The molecule has 12 heavy (non-hydrogen) atoms. The van der Waals surface area contributed by atoms with E-state index in [0.717, 1.165) is 5.82 Å². The molecule has 1 aromatic heterocycles. The van der Waals surface area contributed by atoms with Crippen LogP contribution in [-0.2, 0) is 4.75 Å². The zero-order valence-electron chi connectivity index (χ0n) is 6.83. The Morgan fingerprint density at radius 1 is 1.67 bits per heavy atom. The Balaban J connectivity index is 2.94. The van der Waals surface area contributed by atoms with Crippen molar-refractivity contribution < 1.29 is 0 Å². The first-order chi connectivity index (χ1) is 5.73. The summed E-state index contributed by atoms with van der Waals surface area (Å²) in [5.41, 5.74) is 0. The molecule has 0 aliphatic rings. The van der Waals surface area contributed by atoms with E-state index in [0.29, 0.717) is 6.42 Å². The molecule has 0 aromatic carbocycles. The molecular weight excluding hydrogens is 168 g/mol. The number of hydrogen-bond donors (Lipinski definition) is 2. The number of nitrogens with one attached hydrogen (secondary N) is 1. The van der Waals surface area contributed by atoms with Crippen LogP contribution in [-0.4, -0.2) is 9.97 Å². The molecule has 1 aromatic rings. The van der Waals surface area contributed by atoms with Gasteiger partial charge >= 0.3 is 0 Å². The van der Waals surface area contributed by atoms with Crippen LogP contribution >= 0.6 is 12.6 Å². The second kappa shape index (κ2) is 3.63. The number of H-pyrrole nitrogens is 1. The van der Waals surface area contributed by atoms with Gasteiger partial charge in [-0.1, -0.05) is 12.2 Å². The van der Waals surface area contributed by atoms with Crippen LogP contribution in [0.3, 0.4) is 0 Å². The molecular formula is C9H12N2S. The third kappa shape index (κ3) is 1.61. The van der Waals surface area contributed by atoms with E-state index in [1.54, 1.807) is 24.5 Å². The number of aromatic nitrogens is 2. The molecule has 0 fully saturated rings. The molecule has 0 radical (unpaired) electrons. The highest BCUT2D eigenvalue weighted by molar-refractivity contribution is 7.81. The van der Waals surface area contributed by atoms with E-state index >= 15 is 0 Å². The fraction of sp³-hybridized carbons (Fsp3) is 0.222. The summed E-state index contributed by atoms with van der Waals surface area (Å²) in [4.78, 5) is 7.13. The van der Waals surface area contributed by atoms with Gasteiger partial charge < -0.3 is 4.98 Å². The highest BCUT2D eigenvalue weighted by atomic mass is 32.1. The summed E-state index contributed by atoms with van der Waals surface area (Å²) >= 11 is 4.47. The molecule has 1 heterocycles. The van der Waals surface area contributed by atoms with Gasteiger partial charge in [-0.15, -0.1) is 13.2 Å². The van der Waals surface area contributed by atoms with Crippen LogP contribution in [0.4, 0.5) is 0 Å². The Labute approximate surface area is 77.8 Å². The lowest BCUT2D eigenvalue weighted by Gasteiger charge is -2.19. The standard InChI is InChI=1S/C9H12N2S/c1-3-5-9(12,4-2)8-10-6-7-11-8/h3-4,6-7,12H,1-2,5H2,(H,10,11). The minimum atomic E-state index is -0.411. The van der Waals surface area contributed by atoms with Crippen molar-refractivity contribution in [2.75, 3.05) is 0 Å². The van der Waals surface area contributed by atoms with Gasteiger partial charge in [-0.2, -0.15) is 12.6 Å². The first-order valence-corrected chi connectivity index (χ1v) is 4.14. The molecule has 1 unspecified atom stereocenters. The second-order valence-electron chi connectivity index (χ2n) is 2.56. The number of aromatic amines is 1. The predicted octanol–water partition coefficient (Wildman–Crippen LogP) is 2.30. The number of thiol groups is 1. The Kier molecular flexibility index (Phi) is 2.76. The van der Waals surface area contributed by atoms with Crippen molar-refractivity contribution >= 4 is 12.6 Å². The Bertz CT molecular complexity index is 266. The molecule has 1 rings (SSSR count). The predicted molar refractivity (Wildman–Crippen MR) is 54.3 cm³/mol. The summed E-state index contributed by atoms with van der Waals surface area (Å²) in [6.45, 7) is 7.39. The maximum atomic E-state index is 4.47. The fourth-order valence-corrected chi connectivity index (χ4v) is 1.25. The Morgan fingerprint density at radius 2 is 2.42 bits per heavy atom. The zero-order valence-corrected chi connectivity index (χ0v) is 7.72. The van der Waals surface area contributed by atoms with E-state index < -0.39 is 4.75 Å². The van der Waals surface area contributed by atoms with Crippen LogP contribution in [0.5, 0.6) is 0 Å². The first kappa shape index (κ1) is 9.13. The van der Waals surface area contributed by atoms with Crippen LogP contribution < -0.4 is 0 Å². The van der Waals surface area contributed by atoms with Gasteiger partial charge in [0.05, 0.1) is 4.75 Å². The Morgan fingerprint density at radius 3 is 2.83 bits per heavy atom. The van der Waals surface area contributed by atoms with Crippen molar-refractivity contribution in [3.63, 3.8) is 0 Å². The molecule has 64 valence electrons. The average Bonchev–Trinajstić information content (AvgIpc) is 2.57. The molecule has 0 spiro atoms. The molecule has 0 amide bonds. The van der Waals surface area contributed by atoms with Crippen molar-refractivity contribution in [3.8, 4) is 0 Å². The first-order valence-electron chi connectivity index (χ1n) is 3.69. The topological polar surface area (TPSA) is 28.7 Å². The van der Waals surface area contributed by atoms with Crippen molar-refractivity contribution in [3.05, 3.63) is 43.5 Å². The van der Waals surface area contributed by atoms with Crippen LogP contribution in [0.1, 0.15) is 12.2 Å². The highest BCUT2D eigenvalue weighted by Crippen LogP contribution is 2.30. The quantitative estimate of drug-likeness (QED) is 0.540. The summed E-state index contributed by atoms with van der Waals surface area (Å²) in [5.74, 6) is 0.806. The third-order valence-corrected chi connectivity index (χ3v) is 2.28. The molecule has 0 aliphatic heterocycles. The van der Waals surface area contributed by atoms with E-state index in [1.165, 1.54) is 0 Å². The number of hydrogen-bond acceptors (Lipinski definition) is 2. The third-order valence-electron chi connectivity index (χ3n) is 1.70. The largest absolute Gasteiger partial charge is 0.347 e. The maximum Gasteiger partial charge on any atom is 0.126 e. The lowest BCUT2D eigenvalue weighted by atomic mass is 10.0. The highest BCUT2D eigenvalue weighted by Gasteiger charge is 2.24. The van der Waals surface area contributed by atoms with Crippen molar-refractivity contribution in [1.82, 2.24) is 9.97 Å². The number of nitrogens with zero attached hydrogens (tertiary/aromatic N) is 1. The maximum absolute atomic E-state index is 4.47. The van der Waals surface area contributed by atoms with E-state index in [9.17, 15) is 0 Å². The van der Waals surface area contributed by atoms with E-state index in [1.807, 2.05) is 0 Å². The number of rotatable bonds is 4. The van der Waals surface area contributed by atoms with Crippen molar-refractivity contribution in [2.24, 2.45) is 0 Å². The van der Waals surface area contributed by atoms with Gasteiger partial charge in [-0.05, 0) is 6.42 Å². The normalized spacial score (nSPS) is 15.1. The van der Waals surface area contributed by atoms with Crippen LogP contribution in [0.25, 0.3) is 0 Å². The van der Waals surface area contributed by atoms with E-state index in [-0.39, 0.29) is 0 Å². The molecule has 1 N–H and O–H groups in total. The molecule has 0 bridgehead atoms. The lowest BCUT2D eigenvalue weighted by Crippen LogP contribution is -2.16. The van der Waals surface area contributed by atoms with Crippen LogP contribution in [0, 0.1) is 0 Å². The van der Waals surface area contributed by atoms with Gasteiger partial charge in [0.2, 0.25) is 0 Å². The van der Waals surface area contributed by atoms with Crippen molar-refractivity contribution in [1.29, 1.82) is 0 Å². The smallest absolute Gasteiger partial charge is 0.126 e. The van der Waals surface area contributed by atoms with Crippen molar-refractivity contribution in [2.45, 2.75) is 11.2 Å². The summed E-state index contributed by atoms with van der Waals surface area (Å²) in [7, 11) is 0. The minimum absolute atomic E-state index is 0.411. The molecule has 0 saturated heterocycles. The van der Waals surface area contributed by atoms with Gasteiger partial charge in [0.1, 0.15) is 5.82 Å². The second-order valence-corrected chi connectivity index (χ2v) is 3.36. The van der Waals surface area contributed by atoms with Gasteiger partial charge in [-0.25, -0.2) is 4.98 Å². The lowest BCUT2D eigenvalue weighted by molar-refractivity contribution is 0.739. The van der Waals surface area contributed by atoms with Gasteiger partial charge in [0, 0.05) is 12.4 Å². The molecule has 1 atom stereocenters. The summed E-state index contributed by atoms with van der Waals surface area (Å²) in [6, 6.07) is 0. The summed E-state index contributed by atoms with van der Waals surface area (Å²) < 4.78 is -0.411. The van der Waals surface area contributed by atoms with Crippen LogP contribution in [0.2, 0.25) is 0 Å². The van der Waals surface area contributed by atoms with E-state index in [2.05, 4.69) is 35.8 Å². The van der Waals surface area contributed by atoms with E-state index in [4.69, 9.17) is 0 Å². The molecule has 3 heteroatoms. The average molecular weight is 180 g/mol.